The molecule has 0 aliphatic heterocycles. The maximum Gasteiger partial charge on any atom is 0.155 e. The molecule has 6 heteroatoms. The van der Waals surface area contributed by atoms with E-state index in [4.69, 9.17) is 16.3 Å². The molecule has 0 heterocycles. The smallest absolute Gasteiger partial charge is 0.155 e. The number of methoxy groups -OCH3 is 1. The number of rotatable bonds is 5. The Hall–Kier alpha value is -1.09. The van der Waals surface area contributed by atoms with Crippen molar-refractivity contribution in [2.75, 3.05) is 19.5 Å². The molecule has 1 aliphatic rings. The van der Waals surface area contributed by atoms with E-state index in [1.54, 1.807) is 25.1 Å². The molecule has 0 saturated heterocycles. The van der Waals surface area contributed by atoms with Crippen molar-refractivity contribution < 1.29 is 13.2 Å². The minimum Gasteiger partial charge on any atom is -0.383 e. The second-order valence-corrected chi connectivity index (χ2v) is 7.84. The molecule has 1 aliphatic carbocycles. The zero-order valence-electron chi connectivity index (χ0n) is 11.3. The maximum atomic E-state index is 12.2. The van der Waals surface area contributed by atoms with E-state index < -0.39 is 20.5 Å². The first-order valence-electron chi connectivity index (χ1n) is 6.30. The Morgan fingerprint density at radius 1 is 1.50 bits per heavy atom. The molecule has 0 spiro atoms. The van der Waals surface area contributed by atoms with Crippen LogP contribution < -0.4 is 0 Å². The van der Waals surface area contributed by atoms with Crippen molar-refractivity contribution in [3.05, 3.63) is 34.9 Å². The summed E-state index contributed by atoms with van der Waals surface area (Å²) in [4.78, 5) is 0. The summed E-state index contributed by atoms with van der Waals surface area (Å²) >= 11 is 5.96. The van der Waals surface area contributed by atoms with Gasteiger partial charge in [0.05, 0.1) is 17.9 Å². The summed E-state index contributed by atoms with van der Waals surface area (Å²) < 4.78 is 29.6. The van der Waals surface area contributed by atoms with Crippen molar-refractivity contribution in [2.45, 2.75) is 18.1 Å². The highest BCUT2D eigenvalue weighted by Gasteiger charge is 2.71. The minimum atomic E-state index is -3.32. The Bertz CT molecular complexity index is 653. The predicted molar refractivity (Wildman–Crippen MR) is 77.4 cm³/mol. The summed E-state index contributed by atoms with van der Waals surface area (Å²) in [7, 11) is -1.85. The predicted octanol–water partition coefficient (Wildman–Crippen LogP) is 2.40. The van der Waals surface area contributed by atoms with Crippen LogP contribution in [0.3, 0.4) is 0 Å². The molecule has 1 aromatic rings. The van der Waals surface area contributed by atoms with Crippen molar-refractivity contribution in [2.24, 2.45) is 5.41 Å². The van der Waals surface area contributed by atoms with Crippen molar-refractivity contribution in [1.82, 2.24) is 0 Å². The largest absolute Gasteiger partial charge is 0.383 e. The number of hydrogen-bond acceptors (Lipinski definition) is 4. The van der Waals surface area contributed by atoms with Gasteiger partial charge in [-0.3, -0.25) is 0 Å². The van der Waals surface area contributed by atoms with Crippen LogP contribution in [0.5, 0.6) is 0 Å². The van der Waals surface area contributed by atoms with Crippen LogP contribution in [0.15, 0.2) is 24.3 Å². The van der Waals surface area contributed by atoms with Crippen molar-refractivity contribution >= 4 is 21.4 Å². The molecule has 0 aromatic heterocycles. The van der Waals surface area contributed by atoms with Gasteiger partial charge in [-0.1, -0.05) is 30.7 Å². The van der Waals surface area contributed by atoms with Crippen LogP contribution in [0.25, 0.3) is 0 Å². The normalized spacial score (nSPS) is 28.9. The monoisotopic (exact) mass is 313 g/mol. The molecule has 0 N–H and O–H groups in total. The van der Waals surface area contributed by atoms with Gasteiger partial charge in [0, 0.05) is 23.8 Å². The topological polar surface area (TPSA) is 67.2 Å². The molecule has 1 fully saturated rings. The van der Waals surface area contributed by atoms with Crippen LogP contribution in [-0.2, 0) is 14.6 Å². The highest BCUT2D eigenvalue weighted by molar-refractivity contribution is 7.92. The Balaban J connectivity index is 2.48. The van der Waals surface area contributed by atoms with Gasteiger partial charge in [-0.15, -0.1) is 0 Å². The fourth-order valence-electron chi connectivity index (χ4n) is 2.86. The minimum absolute atomic E-state index is 0.0158. The lowest BCUT2D eigenvalue weighted by Crippen LogP contribution is -2.20. The Kier molecular flexibility index (Phi) is 4.10. The number of benzene rings is 1. The third-order valence-electron chi connectivity index (χ3n) is 3.84. The standard InChI is InChI=1S/C14H16ClNO3S/c1-3-20(17,18)13-12(14(13,8-16)9-19-2)10-5-4-6-11(15)7-10/h4-7,12-13H,3,9H2,1-2H3/t12-,13-,14+/m0/s1. The zero-order chi connectivity index (χ0) is 15.0. The fraction of sp³-hybridized carbons (Fsp3) is 0.500. The van der Waals surface area contributed by atoms with Crippen molar-refractivity contribution in [1.29, 1.82) is 5.26 Å². The summed E-state index contributed by atoms with van der Waals surface area (Å²) in [6, 6.07) is 9.18. The molecule has 0 amide bonds. The molecule has 2 rings (SSSR count). The van der Waals surface area contributed by atoms with E-state index in [-0.39, 0.29) is 18.3 Å². The number of ether oxygens (including phenoxy) is 1. The van der Waals surface area contributed by atoms with E-state index in [9.17, 15) is 13.7 Å². The van der Waals surface area contributed by atoms with Crippen molar-refractivity contribution in [3.8, 4) is 6.07 Å². The number of sulfone groups is 1. The van der Waals surface area contributed by atoms with Crippen LogP contribution in [0.2, 0.25) is 5.02 Å². The van der Waals surface area contributed by atoms with Crippen LogP contribution in [0.4, 0.5) is 0 Å². The lowest BCUT2D eigenvalue weighted by molar-refractivity contribution is 0.162. The first-order valence-corrected chi connectivity index (χ1v) is 8.39. The van der Waals surface area contributed by atoms with Crippen LogP contribution in [0.1, 0.15) is 18.4 Å². The molecule has 108 valence electrons. The molecule has 1 aromatic carbocycles. The van der Waals surface area contributed by atoms with Gasteiger partial charge >= 0.3 is 0 Å². The van der Waals surface area contributed by atoms with E-state index in [1.165, 1.54) is 7.11 Å². The van der Waals surface area contributed by atoms with Gasteiger partial charge < -0.3 is 4.74 Å². The van der Waals surface area contributed by atoms with Gasteiger partial charge in [-0.2, -0.15) is 5.26 Å². The molecule has 4 nitrogen and oxygen atoms in total. The van der Waals surface area contributed by atoms with E-state index in [0.29, 0.717) is 5.02 Å². The molecule has 3 atom stereocenters. The van der Waals surface area contributed by atoms with Gasteiger partial charge in [0.1, 0.15) is 5.41 Å². The maximum absolute atomic E-state index is 12.2. The Labute approximate surface area is 124 Å². The van der Waals surface area contributed by atoms with E-state index in [0.717, 1.165) is 5.56 Å². The van der Waals surface area contributed by atoms with Gasteiger partial charge in [0.15, 0.2) is 9.84 Å². The quantitative estimate of drug-likeness (QED) is 0.837. The first-order chi connectivity index (χ1) is 9.43. The number of hydrogen-bond donors (Lipinski definition) is 0. The van der Waals surface area contributed by atoms with Gasteiger partial charge in [0.2, 0.25) is 0 Å². The van der Waals surface area contributed by atoms with E-state index in [1.807, 2.05) is 6.07 Å². The van der Waals surface area contributed by atoms with Gasteiger partial charge in [-0.05, 0) is 17.7 Å². The highest BCUT2D eigenvalue weighted by atomic mass is 35.5. The molecule has 0 bridgehead atoms. The van der Waals surface area contributed by atoms with E-state index >= 15 is 0 Å². The molecular formula is C14H16ClNO3S. The average molecular weight is 314 g/mol. The third kappa shape index (κ3) is 2.32. The molecule has 1 saturated carbocycles. The van der Waals surface area contributed by atoms with Gasteiger partial charge in [0.25, 0.3) is 0 Å². The lowest BCUT2D eigenvalue weighted by atomic mass is 10.0. The SMILES string of the molecule is CCS(=O)(=O)[C@H]1[C@H](c2cccc(Cl)c2)[C@@]1(C#N)COC. The number of halogens is 1. The summed E-state index contributed by atoms with van der Waals surface area (Å²) in [5.41, 5.74) is -0.230. The van der Waals surface area contributed by atoms with Crippen LogP contribution in [0, 0.1) is 16.7 Å². The highest BCUT2D eigenvalue weighted by Crippen LogP contribution is 2.63. The summed E-state index contributed by atoms with van der Waals surface area (Å²) in [6.07, 6.45) is 0. The molecular weight excluding hydrogens is 298 g/mol. The summed E-state index contributed by atoms with van der Waals surface area (Å²) in [6.45, 7) is 1.70. The third-order valence-corrected chi connectivity index (χ3v) is 6.35. The van der Waals surface area contributed by atoms with Crippen molar-refractivity contribution in [3.63, 3.8) is 0 Å². The van der Waals surface area contributed by atoms with E-state index in [2.05, 4.69) is 6.07 Å². The Morgan fingerprint density at radius 2 is 2.20 bits per heavy atom. The first kappa shape index (κ1) is 15.3. The number of nitriles is 1. The zero-order valence-corrected chi connectivity index (χ0v) is 12.9. The van der Waals surface area contributed by atoms with Crippen LogP contribution >= 0.6 is 11.6 Å². The van der Waals surface area contributed by atoms with Gasteiger partial charge in [-0.25, -0.2) is 8.42 Å². The Morgan fingerprint density at radius 3 is 2.70 bits per heavy atom. The summed E-state index contributed by atoms with van der Waals surface area (Å²) in [5, 5.41) is 9.31. The molecule has 0 radical (unpaired) electrons. The molecule has 0 unspecified atom stereocenters. The molecule has 20 heavy (non-hydrogen) atoms. The van der Waals surface area contributed by atoms with Crippen LogP contribution in [-0.4, -0.2) is 33.1 Å². The fourth-order valence-corrected chi connectivity index (χ4v) is 5.06. The second kappa shape index (κ2) is 5.36. The average Bonchev–Trinajstić information content (AvgIpc) is 3.09. The summed E-state index contributed by atoms with van der Waals surface area (Å²) in [5.74, 6) is -0.363. The second-order valence-electron chi connectivity index (χ2n) is 4.99. The lowest BCUT2D eigenvalue weighted by Gasteiger charge is -2.07. The number of nitrogens with zero attached hydrogens (tertiary/aromatic N) is 1.